The van der Waals surface area contributed by atoms with Gasteiger partial charge in [0.2, 0.25) is 0 Å². The Hall–Kier alpha value is -0.120. The minimum absolute atomic E-state index is 0.195. The Balaban J connectivity index is 1.79. The number of rotatable bonds is 5. The lowest BCUT2D eigenvalue weighted by molar-refractivity contribution is 0.116. The molecule has 0 amide bonds. The lowest BCUT2D eigenvalue weighted by Crippen LogP contribution is -2.43. The molecule has 4 atom stereocenters. The third-order valence-corrected chi connectivity index (χ3v) is 5.19. The summed E-state index contributed by atoms with van der Waals surface area (Å²) in [5, 5.41) is 13.0. The van der Waals surface area contributed by atoms with Crippen LogP contribution in [0.3, 0.4) is 0 Å². The second kappa shape index (κ2) is 6.36. The molecule has 2 N–H and O–H groups in total. The molecule has 0 aromatic rings. The molecule has 18 heavy (non-hydrogen) atoms. The highest BCUT2D eigenvalue weighted by Crippen LogP contribution is 2.33. The van der Waals surface area contributed by atoms with Gasteiger partial charge in [0.15, 0.2) is 0 Å². The predicted octanol–water partition coefficient (Wildman–Crippen LogP) is 2.19. The summed E-state index contributed by atoms with van der Waals surface area (Å²) in [6.07, 6.45) is 5.93. The van der Waals surface area contributed by atoms with Gasteiger partial charge in [0.1, 0.15) is 0 Å². The van der Waals surface area contributed by atoms with Gasteiger partial charge in [-0.25, -0.2) is 0 Å². The maximum Gasteiger partial charge on any atom is 0.0536 e. The molecule has 0 radical (unpaired) electrons. The number of aliphatic hydroxyl groups excluding tert-OH is 1. The van der Waals surface area contributed by atoms with E-state index in [4.69, 9.17) is 4.74 Å². The van der Waals surface area contributed by atoms with Crippen molar-refractivity contribution in [2.24, 2.45) is 17.3 Å². The molecule has 2 fully saturated rings. The topological polar surface area (TPSA) is 41.5 Å². The van der Waals surface area contributed by atoms with Crippen molar-refractivity contribution < 1.29 is 9.84 Å². The lowest BCUT2D eigenvalue weighted by Gasteiger charge is -2.35. The zero-order chi connectivity index (χ0) is 13.0. The maximum atomic E-state index is 9.22. The van der Waals surface area contributed by atoms with E-state index in [1.54, 1.807) is 0 Å². The molecule has 0 aromatic carbocycles. The molecule has 2 rings (SSSR count). The first-order valence-electron chi connectivity index (χ1n) is 7.57. The largest absolute Gasteiger partial charge is 0.396 e. The van der Waals surface area contributed by atoms with Crippen LogP contribution in [0, 0.1) is 17.3 Å². The fourth-order valence-corrected chi connectivity index (χ4v) is 3.41. The molecule has 106 valence electrons. The molecule has 1 aliphatic heterocycles. The quantitative estimate of drug-likeness (QED) is 0.791. The summed E-state index contributed by atoms with van der Waals surface area (Å²) in [5.41, 5.74) is 0.195. The van der Waals surface area contributed by atoms with Crippen LogP contribution in [0.4, 0.5) is 0 Å². The fourth-order valence-electron chi connectivity index (χ4n) is 3.41. The average molecular weight is 255 g/mol. The Bertz CT molecular complexity index is 251. The Morgan fingerprint density at radius 3 is 2.72 bits per heavy atom. The molecular formula is C15H29NO2. The van der Waals surface area contributed by atoms with E-state index in [1.807, 2.05) is 0 Å². The van der Waals surface area contributed by atoms with Crippen LogP contribution in [-0.4, -0.2) is 37.5 Å². The maximum absolute atomic E-state index is 9.22. The lowest BCUT2D eigenvalue weighted by atomic mass is 9.78. The first-order valence-corrected chi connectivity index (χ1v) is 7.57. The average Bonchev–Trinajstić information content (AvgIpc) is 2.80. The summed E-state index contributed by atoms with van der Waals surface area (Å²) in [5.74, 6) is 1.72. The molecule has 0 bridgehead atoms. The normalized spacial score (nSPS) is 41.2. The highest BCUT2D eigenvalue weighted by Gasteiger charge is 2.35. The SMILES string of the molecule is C[C@@H]1CC[C@H](NC[C@]2(CCO)CCOC2)C[C@@H]1C. The Morgan fingerprint density at radius 1 is 1.28 bits per heavy atom. The van der Waals surface area contributed by atoms with E-state index in [0.717, 1.165) is 44.4 Å². The molecule has 0 aromatic heterocycles. The van der Waals surface area contributed by atoms with Gasteiger partial charge in [-0.2, -0.15) is 0 Å². The van der Waals surface area contributed by atoms with Crippen molar-refractivity contribution in [3.8, 4) is 0 Å². The number of nitrogens with one attached hydrogen (secondary N) is 1. The molecule has 0 spiro atoms. The van der Waals surface area contributed by atoms with E-state index in [9.17, 15) is 5.11 Å². The van der Waals surface area contributed by atoms with Gasteiger partial charge in [-0.1, -0.05) is 13.8 Å². The van der Waals surface area contributed by atoms with Gasteiger partial charge < -0.3 is 15.2 Å². The van der Waals surface area contributed by atoms with Gasteiger partial charge in [0.25, 0.3) is 0 Å². The zero-order valence-corrected chi connectivity index (χ0v) is 12.0. The molecule has 1 saturated carbocycles. The van der Waals surface area contributed by atoms with Crippen molar-refractivity contribution >= 4 is 0 Å². The van der Waals surface area contributed by atoms with E-state index in [1.165, 1.54) is 19.3 Å². The number of aliphatic hydroxyl groups is 1. The number of hydrogen-bond donors (Lipinski definition) is 2. The van der Waals surface area contributed by atoms with Crippen LogP contribution < -0.4 is 5.32 Å². The van der Waals surface area contributed by atoms with Gasteiger partial charge in [-0.3, -0.25) is 0 Å². The smallest absolute Gasteiger partial charge is 0.0536 e. The summed E-state index contributed by atoms with van der Waals surface area (Å²) in [6.45, 7) is 7.72. The van der Waals surface area contributed by atoms with E-state index >= 15 is 0 Å². The van der Waals surface area contributed by atoms with Crippen LogP contribution in [0.25, 0.3) is 0 Å². The minimum atomic E-state index is 0.195. The van der Waals surface area contributed by atoms with Crippen LogP contribution in [-0.2, 0) is 4.74 Å². The van der Waals surface area contributed by atoms with Crippen LogP contribution in [0.1, 0.15) is 46.0 Å². The standard InChI is InChI=1S/C15H29NO2/c1-12-3-4-14(9-13(12)2)16-10-15(5-7-17)6-8-18-11-15/h12-14,16-17H,3-11H2,1-2H3/t12-,13+,14+,15+/m1/s1. The van der Waals surface area contributed by atoms with E-state index in [2.05, 4.69) is 19.2 Å². The van der Waals surface area contributed by atoms with Gasteiger partial charge >= 0.3 is 0 Å². The summed E-state index contributed by atoms with van der Waals surface area (Å²) in [6, 6.07) is 0.673. The van der Waals surface area contributed by atoms with Crippen LogP contribution >= 0.6 is 0 Å². The first-order chi connectivity index (χ1) is 8.65. The summed E-state index contributed by atoms with van der Waals surface area (Å²) < 4.78 is 5.54. The summed E-state index contributed by atoms with van der Waals surface area (Å²) >= 11 is 0. The van der Waals surface area contributed by atoms with Gasteiger partial charge in [0.05, 0.1) is 6.61 Å². The molecule has 3 nitrogen and oxygen atoms in total. The van der Waals surface area contributed by atoms with E-state index in [-0.39, 0.29) is 12.0 Å². The van der Waals surface area contributed by atoms with Crippen molar-refractivity contribution in [1.82, 2.24) is 5.32 Å². The third kappa shape index (κ3) is 3.46. The molecule has 2 aliphatic rings. The zero-order valence-electron chi connectivity index (χ0n) is 12.0. The van der Waals surface area contributed by atoms with Gasteiger partial charge in [-0.05, 0) is 43.9 Å². The highest BCUT2D eigenvalue weighted by atomic mass is 16.5. The summed E-state index contributed by atoms with van der Waals surface area (Å²) in [7, 11) is 0. The first kappa shape index (κ1) is 14.3. The Kier molecular flexibility index (Phi) is 5.05. The molecule has 1 saturated heterocycles. The molecular weight excluding hydrogens is 226 g/mol. The predicted molar refractivity (Wildman–Crippen MR) is 73.5 cm³/mol. The van der Waals surface area contributed by atoms with Crippen LogP contribution in [0.15, 0.2) is 0 Å². The van der Waals surface area contributed by atoms with E-state index in [0.29, 0.717) is 6.04 Å². The molecule has 0 unspecified atom stereocenters. The highest BCUT2D eigenvalue weighted by molar-refractivity contribution is 4.88. The van der Waals surface area contributed by atoms with E-state index < -0.39 is 0 Å². The fraction of sp³-hybridized carbons (Fsp3) is 1.00. The minimum Gasteiger partial charge on any atom is -0.396 e. The summed E-state index contributed by atoms with van der Waals surface area (Å²) in [4.78, 5) is 0. The number of ether oxygens (including phenoxy) is 1. The van der Waals surface area contributed by atoms with Gasteiger partial charge in [0, 0.05) is 31.2 Å². The van der Waals surface area contributed by atoms with Crippen molar-refractivity contribution in [2.75, 3.05) is 26.4 Å². The molecule has 1 heterocycles. The Labute approximate surface area is 111 Å². The van der Waals surface area contributed by atoms with Crippen LogP contribution in [0.5, 0.6) is 0 Å². The molecule has 1 aliphatic carbocycles. The second-order valence-electron chi connectivity index (χ2n) is 6.62. The number of hydrogen-bond acceptors (Lipinski definition) is 3. The third-order valence-electron chi connectivity index (χ3n) is 5.19. The van der Waals surface area contributed by atoms with Crippen molar-refractivity contribution in [3.05, 3.63) is 0 Å². The second-order valence-corrected chi connectivity index (χ2v) is 6.62. The monoisotopic (exact) mass is 255 g/mol. The van der Waals surface area contributed by atoms with Crippen LogP contribution in [0.2, 0.25) is 0 Å². The van der Waals surface area contributed by atoms with Crippen molar-refractivity contribution in [1.29, 1.82) is 0 Å². The van der Waals surface area contributed by atoms with Crippen molar-refractivity contribution in [2.45, 2.75) is 52.0 Å². The van der Waals surface area contributed by atoms with Crippen molar-refractivity contribution in [3.63, 3.8) is 0 Å². The molecule has 3 heteroatoms. The van der Waals surface area contributed by atoms with Gasteiger partial charge in [-0.15, -0.1) is 0 Å². The Morgan fingerprint density at radius 2 is 2.11 bits per heavy atom.